The lowest BCUT2D eigenvalue weighted by Crippen LogP contribution is -2.20. The van der Waals surface area contributed by atoms with Gasteiger partial charge in [0.2, 0.25) is 5.88 Å². The molecule has 1 rings (SSSR count). The van der Waals surface area contributed by atoms with Gasteiger partial charge < -0.3 is 15.6 Å². The highest BCUT2D eigenvalue weighted by Gasteiger charge is 2.33. The molecule has 0 amide bonds. The minimum absolute atomic E-state index is 0.274. The lowest BCUT2D eigenvalue weighted by Gasteiger charge is -2.14. The van der Waals surface area contributed by atoms with Crippen molar-refractivity contribution in [1.29, 1.82) is 0 Å². The van der Waals surface area contributed by atoms with E-state index in [1.807, 2.05) is 0 Å². The Balaban J connectivity index is 3.40. The van der Waals surface area contributed by atoms with Crippen molar-refractivity contribution in [3.8, 4) is 5.88 Å². The molecule has 106 valence electrons. The van der Waals surface area contributed by atoms with Gasteiger partial charge in [-0.05, 0) is 0 Å². The molecule has 0 radical (unpaired) electrons. The number of aromatic carboxylic acids is 1. The summed E-state index contributed by atoms with van der Waals surface area (Å²) < 4.78 is 64.7. The fraction of sp³-hybridized carbons (Fsp3) is 0.333. The molecular formula is C9H7F5N2O3. The fourth-order valence-electron chi connectivity index (χ4n) is 1.33. The largest absolute Gasteiger partial charge is 0.574 e. The van der Waals surface area contributed by atoms with E-state index in [-0.39, 0.29) is 6.07 Å². The summed E-state index contributed by atoms with van der Waals surface area (Å²) in [7, 11) is 0. The summed E-state index contributed by atoms with van der Waals surface area (Å²) in [6.07, 6.45) is -8.36. The molecule has 10 heteroatoms. The average Bonchev–Trinajstić information content (AvgIpc) is 2.24. The van der Waals surface area contributed by atoms with Crippen LogP contribution in [-0.4, -0.2) is 22.4 Å². The van der Waals surface area contributed by atoms with Crippen LogP contribution in [0.5, 0.6) is 5.88 Å². The first kappa shape index (κ1) is 15.1. The molecule has 0 atom stereocenters. The standard InChI is InChI=1S/C9H7F5N2O3/c10-7(11)6-3(8(17)18)1-5(16-4(6)2-15)19-9(12,13)14/h1,7H,2,15H2,(H,17,18). The normalized spacial score (nSPS) is 11.7. The topological polar surface area (TPSA) is 85.4 Å². The van der Waals surface area contributed by atoms with Crippen molar-refractivity contribution in [1.82, 2.24) is 4.98 Å². The third kappa shape index (κ3) is 3.74. The van der Waals surface area contributed by atoms with Crippen molar-refractivity contribution >= 4 is 5.97 Å². The smallest absolute Gasteiger partial charge is 0.478 e. The van der Waals surface area contributed by atoms with Crippen LogP contribution in [0.15, 0.2) is 6.07 Å². The van der Waals surface area contributed by atoms with E-state index in [1.165, 1.54) is 0 Å². The Labute approximate surface area is 102 Å². The third-order valence-electron chi connectivity index (χ3n) is 1.98. The number of nitrogens with two attached hydrogens (primary N) is 1. The van der Waals surface area contributed by atoms with Gasteiger partial charge in [0.1, 0.15) is 0 Å². The molecule has 0 aliphatic carbocycles. The molecule has 0 bridgehead atoms. The predicted molar refractivity (Wildman–Crippen MR) is 50.7 cm³/mol. The second-order valence-corrected chi connectivity index (χ2v) is 3.23. The minimum Gasteiger partial charge on any atom is -0.478 e. The highest BCUT2D eigenvalue weighted by atomic mass is 19.4. The Morgan fingerprint density at radius 1 is 1.47 bits per heavy atom. The summed E-state index contributed by atoms with van der Waals surface area (Å²) >= 11 is 0. The molecule has 1 aromatic heterocycles. The quantitative estimate of drug-likeness (QED) is 0.828. The lowest BCUT2D eigenvalue weighted by atomic mass is 10.1. The summed E-state index contributed by atoms with van der Waals surface area (Å²) in [6, 6.07) is 0.274. The second-order valence-electron chi connectivity index (χ2n) is 3.23. The fourth-order valence-corrected chi connectivity index (χ4v) is 1.33. The summed E-state index contributed by atoms with van der Waals surface area (Å²) in [5, 5.41) is 8.72. The molecule has 1 heterocycles. The summed E-state index contributed by atoms with van der Waals surface area (Å²) in [6.45, 7) is -0.658. The van der Waals surface area contributed by atoms with Crippen LogP contribution in [0.4, 0.5) is 22.0 Å². The number of pyridine rings is 1. The van der Waals surface area contributed by atoms with E-state index in [1.54, 1.807) is 0 Å². The molecule has 1 aromatic rings. The van der Waals surface area contributed by atoms with E-state index in [4.69, 9.17) is 10.8 Å². The molecule has 3 N–H and O–H groups in total. The molecule has 19 heavy (non-hydrogen) atoms. The third-order valence-corrected chi connectivity index (χ3v) is 1.98. The monoisotopic (exact) mass is 286 g/mol. The number of aromatic nitrogens is 1. The Morgan fingerprint density at radius 3 is 2.42 bits per heavy atom. The summed E-state index contributed by atoms with van der Waals surface area (Å²) in [4.78, 5) is 13.9. The Morgan fingerprint density at radius 2 is 2.05 bits per heavy atom. The molecule has 0 fully saturated rings. The van der Waals surface area contributed by atoms with Gasteiger partial charge in [0, 0.05) is 12.6 Å². The molecule has 0 saturated heterocycles. The second kappa shape index (κ2) is 5.34. The number of hydrogen-bond acceptors (Lipinski definition) is 4. The molecule has 0 unspecified atom stereocenters. The van der Waals surface area contributed by atoms with Crippen LogP contribution in [0.3, 0.4) is 0 Å². The zero-order chi connectivity index (χ0) is 14.8. The highest BCUT2D eigenvalue weighted by molar-refractivity contribution is 5.90. The zero-order valence-electron chi connectivity index (χ0n) is 9.04. The number of halogens is 5. The van der Waals surface area contributed by atoms with Crippen molar-refractivity contribution in [2.24, 2.45) is 5.73 Å². The maximum Gasteiger partial charge on any atom is 0.574 e. The lowest BCUT2D eigenvalue weighted by molar-refractivity contribution is -0.276. The zero-order valence-corrected chi connectivity index (χ0v) is 9.04. The van der Waals surface area contributed by atoms with Gasteiger partial charge in [0.15, 0.2) is 0 Å². The van der Waals surface area contributed by atoms with Crippen molar-refractivity contribution in [3.63, 3.8) is 0 Å². The molecule has 0 aromatic carbocycles. The Bertz CT molecular complexity index is 489. The summed E-state index contributed by atoms with van der Waals surface area (Å²) in [5.74, 6) is -2.99. The highest BCUT2D eigenvalue weighted by Crippen LogP contribution is 2.30. The molecule has 5 nitrogen and oxygen atoms in total. The van der Waals surface area contributed by atoms with Crippen molar-refractivity contribution < 1.29 is 36.6 Å². The van der Waals surface area contributed by atoms with Gasteiger partial charge in [-0.1, -0.05) is 0 Å². The van der Waals surface area contributed by atoms with Crippen molar-refractivity contribution in [3.05, 3.63) is 22.9 Å². The maximum absolute atomic E-state index is 12.7. The van der Waals surface area contributed by atoms with Crippen molar-refractivity contribution in [2.45, 2.75) is 19.3 Å². The van der Waals surface area contributed by atoms with Crippen LogP contribution in [0, 0.1) is 0 Å². The van der Waals surface area contributed by atoms with Gasteiger partial charge >= 0.3 is 12.3 Å². The number of alkyl halides is 5. The molecule has 0 spiro atoms. The molecule has 0 aliphatic heterocycles. The van der Waals surface area contributed by atoms with Gasteiger partial charge in [0.05, 0.1) is 16.8 Å². The first-order valence-electron chi connectivity index (χ1n) is 4.66. The first-order chi connectivity index (χ1) is 8.65. The minimum atomic E-state index is -5.12. The number of carbonyl (C=O) groups is 1. The van der Waals surface area contributed by atoms with Crippen LogP contribution < -0.4 is 10.5 Å². The van der Waals surface area contributed by atoms with Crippen LogP contribution in [0.2, 0.25) is 0 Å². The van der Waals surface area contributed by atoms with E-state index >= 15 is 0 Å². The summed E-state index contributed by atoms with van der Waals surface area (Å²) in [5.41, 5.74) is 2.33. The molecular weight excluding hydrogens is 279 g/mol. The molecule has 0 saturated carbocycles. The van der Waals surface area contributed by atoms with E-state index in [9.17, 15) is 26.7 Å². The van der Waals surface area contributed by atoms with Crippen molar-refractivity contribution in [2.75, 3.05) is 0 Å². The van der Waals surface area contributed by atoms with E-state index in [0.29, 0.717) is 0 Å². The van der Waals surface area contributed by atoms with Gasteiger partial charge in [-0.3, -0.25) is 0 Å². The van der Waals surface area contributed by atoms with Crippen LogP contribution in [0.25, 0.3) is 0 Å². The number of nitrogens with zero attached hydrogens (tertiary/aromatic N) is 1. The number of carboxylic acid groups (broad SMARTS) is 1. The van der Waals surface area contributed by atoms with Gasteiger partial charge in [-0.25, -0.2) is 18.6 Å². The SMILES string of the molecule is NCc1nc(OC(F)(F)F)cc(C(=O)O)c1C(F)F. The number of ether oxygens (including phenoxy) is 1. The van der Waals surface area contributed by atoms with E-state index < -0.39 is 48.0 Å². The van der Waals surface area contributed by atoms with Gasteiger partial charge in [0.25, 0.3) is 6.43 Å². The maximum atomic E-state index is 12.7. The first-order valence-corrected chi connectivity index (χ1v) is 4.66. The van der Waals surface area contributed by atoms with Crippen LogP contribution >= 0.6 is 0 Å². The number of rotatable bonds is 4. The number of hydrogen-bond donors (Lipinski definition) is 2. The number of carboxylic acids is 1. The van der Waals surface area contributed by atoms with E-state index in [0.717, 1.165) is 0 Å². The van der Waals surface area contributed by atoms with E-state index in [2.05, 4.69) is 9.72 Å². The predicted octanol–water partition coefficient (Wildman–Crippen LogP) is 2.07. The Kier molecular flexibility index (Phi) is 4.24. The molecule has 0 aliphatic rings. The van der Waals surface area contributed by atoms with Gasteiger partial charge in [-0.15, -0.1) is 13.2 Å². The van der Waals surface area contributed by atoms with Crippen LogP contribution in [0.1, 0.15) is 28.0 Å². The van der Waals surface area contributed by atoms with Gasteiger partial charge in [-0.2, -0.15) is 0 Å². The Hall–Kier alpha value is -1.97. The van der Waals surface area contributed by atoms with Crippen LogP contribution in [-0.2, 0) is 6.54 Å². The average molecular weight is 286 g/mol.